The van der Waals surface area contributed by atoms with E-state index in [1.54, 1.807) is 0 Å². The van der Waals surface area contributed by atoms with Crippen molar-refractivity contribution in [1.82, 2.24) is 19.9 Å². The molecule has 4 aromatic carbocycles. The van der Waals surface area contributed by atoms with Crippen LogP contribution in [-0.4, -0.2) is 52.9 Å². The molecule has 86 heavy (non-hydrogen) atoms. The van der Waals surface area contributed by atoms with Crippen LogP contribution < -0.4 is 0 Å². The van der Waals surface area contributed by atoms with Crippen molar-refractivity contribution in [2.75, 3.05) is 0 Å². The number of hydrogen-bond acceptors (Lipinski definition) is 4. The van der Waals surface area contributed by atoms with Crippen LogP contribution >= 0.6 is 0 Å². The number of hydrogen-bond donors (Lipinski definition) is 0. The second-order valence-electron chi connectivity index (χ2n) is 27.3. The van der Waals surface area contributed by atoms with E-state index in [9.17, 15) is 0 Å². The number of nitrogens with zero attached hydrogens (tertiary/aromatic N) is 8. The fraction of sp³-hybridized carbons (Fsp3) is 0.500. The van der Waals surface area contributed by atoms with E-state index in [1.807, 2.05) is 49.1 Å². The van der Waals surface area contributed by atoms with E-state index in [4.69, 9.17) is 19.9 Å². The van der Waals surface area contributed by atoms with Crippen LogP contribution in [0.3, 0.4) is 0 Å². The molecular weight excluding hydrogens is 1210 g/mol. The Morgan fingerprint density at radius 3 is 0.500 bits per heavy atom. The summed E-state index contributed by atoms with van der Waals surface area (Å²) in [6.07, 6.45) is 7.46. The molecule has 0 radical (unpaired) electrons. The summed E-state index contributed by atoms with van der Waals surface area (Å²) in [6.45, 7) is 56.2. The summed E-state index contributed by atoms with van der Waals surface area (Å²) in [5.74, 6) is 0. The van der Waals surface area contributed by atoms with Gasteiger partial charge in [0.2, 0.25) is 0 Å². The molecule has 0 saturated carbocycles. The smallest absolute Gasteiger partial charge is 0.684 e. The van der Waals surface area contributed by atoms with E-state index in [2.05, 4.69) is 283 Å². The first kappa shape index (κ1) is 75.8. The van der Waals surface area contributed by atoms with Gasteiger partial charge in [-0.3, -0.25) is 19.9 Å². The van der Waals surface area contributed by atoms with Crippen molar-refractivity contribution >= 4 is 99.3 Å². The molecule has 8 nitrogen and oxygen atoms in total. The minimum atomic E-state index is -1.80. The van der Waals surface area contributed by atoms with Crippen LogP contribution in [0.5, 0.6) is 0 Å². The van der Waals surface area contributed by atoms with Crippen molar-refractivity contribution in [3.63, 3.8) is 0 Å². The Balaban J connectivity index is 0.000000298. The van der Waals surface area contributed by atoms with Crippen LogP contribution in [0.4, 0.5) is 22.7 Å². The fourth-order valence-corrected chi connectivity index (χ4v) is 36.6. The van der Waals surface area contributed by atoms with Gasteiger partial charge in [-0.15, -0.1) is 22.7 Å². The van der Waals surface area contributed by atoms with E-state index in [0.717, 1.165) is 44.8 Å². The summed E-state index contributed by atoms with van der Waals surface area (Å²) in [6, 6.07) is 41.8. The number of para-hydroxylation sites is 4. The van der Waals surface area contributed by atoms with Crippen LogP contribution in [-0.2, 0) is 33.0 Å². The van der Waals surface area contributed by atoms with Crippen molar-refractivity contribution < 1.29 is 33.0 Å². The Labute approximate surface area is 547 Å². The summed E-state index contributed by atoms with van der Waals surface area (Å²) in [5.41, 5.74) is 15.9. The standard InChI is InChI=1S/4C18H27N2Si.2Ni/c4*1-13(2)21(14(3)4,15(5)6)20-17-11-7-9-16-10-8-12-19-18(16)17;;/h4*7-15H,1-6H3;;/q4*-1;2*+2. The van der Waals surface area contributed by atoms with Gasteiger partial charge in [0.25, 0.3) is 0 Å². The number of pyridine rings is 4. The molecule has 8 aromatic rings. The number of aromatic nitrogens is 4. The van der Waals surface area contributed by atoms with Gasteiger partial charge in [0.1, 0.15) is 0 Å². The van der Waals surface area contributed by atoms with Gasteiger partial charge in [0, 0.05) is 24.8 Å². The van der Waals surface area contributed by atoms with Crippen LogP contribution in [0, 0.1) is 0 Å². The van der Waals surface area contributed by atoms with Gasteiger partial charge in [-0.05, 0) is 78.8 Å². The van der Waals surface area contributed by atoms with Gasteiger partial charge in [-0.2, -0.15) is 0 Å². The molecule has 0 unspecified atom stereocenters. The molecule has 0 saturated heterocycles. The third-order valence-electron chi connectivity index (χ3n) is 18.8. The maximum Gasteiger partial charge on any atom is 2.00 e. The van der Waals surface area contributed by atoms with Gasteiger partial charge in [0.05, 0.1) is 22.1 Å². The Kier molecular flexibility index (Phi) is 29.5. The van der Waals surface area contributed by atoms with Gasteiger partial charge in [-0.1, -0.05) is 330 Å². The topological polar surface area (TPSA) is 108 Å². The summed E-state index contributed by atoms with van der Waals surface area (Å²) >= 11 is 0. The van der Waals surface area contributed by atoms with Gasteiger partial charge < -0.3 is 19.9 Å². The Bertz CT molecular complexity index is 2760. The molecule has 0 aliphatic heterocycles. The van der Waals surface area contributed by atoms with Crippen molar-refractivity contribution in [2.24, 2.45) is 0 Å². The van der Waals surface area contributed by atoms with Gasteiger partial charge in [-0.25, -0.2) is 0 Å². The first-order valence-electron chi connectivity index (χ1n) is 31.8. The van der Waals surface area contributed by atoms with E-state index in [0.29, 0.717) is 66.5 Å². The Morgan fingerprint density at radius 2 is 0.360 bits per heavy atom. The summed E-state index contributed by atoms with van der Waals surface area (Å²) in [7, 11) is -7.20. The Morgan fingerprint density at radius 1 is 0.221 bits per heavy atom. The van der Waals surface area contributed by atoms with Gasteiger partial charge in [0.15, 0.2) is 0 Å². The normalized spacial score (nSPS) is 12.3. The van der Waals surface area contributed by atoms with Crippen LogP contribution in [0.25, 0.3) is 63.5 Å². The quantitative estimate of drug-likeness (QED) is 0.0708. The van der Waals surface area contributed by atoms with E-state index in [1.165, 1.54) is 21.5 Å². The molecule has 0 atom stereocenters. The predicted octanol–water partition coefficient (Wildman–Crippen LogP) is 25.7. The fourth-order valence-electron chi connectivity index (χ4n) is 15.1. The monoisotopic (exact) mass is 1310 g/mol. The zero-order chi connectivity index (χ0) is 62.5. The molecule has 8 rings (SSSR count). The molecule has 4 aromatic heterocycles. The third-order valence-corrected chi connectivity index (χ3v) is 43.5. The largest absolute Gasteiger partial charge is 2.00 e. The van der Waals surface area contributed by atoms with Crippen LogP contribution in [0.15, 0.2) is 146 Å². The summed E-state index contributed by atoms with van der Waals surface area (Å²) in [4.78, 5) is 39.9. The molecular formula is C72H108N8Ni2Si4. The zero-order valence-electron chi connectivity index (χ0n) is 57.0. The number of benzene rings is 4. The molecule has 0 spiro atoms. The van der Waals surface area contributed by atoms with Crippen LogP contribution in [0.2, 0.25) is 66.5 Å². The predicted molar refractivity (Wildman–Crippen MR) is 383 cm³/mol. The SMILES string of the molecule is CC(C)[Si]([N-]c1cccc2cccnc12)(C(C)C)C(C)C.CC(C)[Si]([N-]c1cccc2cccnc12)(C(C)C)C(C)C.CC(C)[Si]([N-]c1cccc2cccnc12)(C(C)C)C(C)C.CC(C)[Si]([N-]c1cccc2cccnc12)(C(C)C)C(C)C.[Ni+2].[Ni+2]. The molecule has 0 amide bonds. The maximum absolute atomic E-state index is 5.39. The van der Waals surface area contributed by atoms with Crippen LogP contribution in [0.1, 0.15) is 166 Å². The number of fused-ring (bicyclic) bond motifs is 4. The maximum atomic E-state index is 5.39. The van der Waals surface area contributed by atoms with Crippen molar-refractivity contribution in [1.29, 1.82) is 0 Å². The first-order valence-corrected chi connectivity index (χ1v) is 40.6. The van der Waals surface area contributed by atoms with Crippen molar-refractivity contribution in [3.8, 4) is 0 Å². The van der Waals surface area contributed by atoms with Crippen molar-refractivity contribution in [2.45, 2.75) is 233 Å². The van der Waals surface area contributed by atoms with E-state index in [-0.39, 0.29) is 33.0 Å². The third kappa shape index (κ3) is 16.7. The molecule has 0 bridgehead atoms. The molecule has 0 fully saturated rings. The average Bonchev–Trinajstić information content (AvgIpc) is 1.49. The molecule has 14 heteroatoms. The average molecular weight is 1320 g/mol. The summed E-state index contributed by atoms with van der Waals surface area (Å²) in [5, 5.41) is 4.71. The minimum Gasteiger partial charge on any atom is -0.684 e. The molecule has 0 N–H and O–H groups in total. The second kappa shape index (κ2) is 33.4. The minimum absolute atomic E-state index is 0. The Hall–Kier alpha value is -4.43. The van der Waals surface area contributed by atoms with Gasteiger partial charge >= 0.3 is 33.0 Å². The van der Waals surface area contributed by atoms with Crippen molar-refractivity contribution in [3.05, 3.63) is 166 Å². The second-order valence-corrected chi connectivity index (χ2v) is 49.1. The molecule has 0 aliphatic carbocycles. The van der Waals surface area contributed by atoms with E-state index < -0.39 is 32.9 Å². The molecule has 4 heterocycles. The zero-order valence-corrected chi connectivity index (χ0v) is 63.0. The molecule has 0 aliphatic rings. The molecule has 472 valence electrons. The van der Waals surface area contributed by atoms with E-state index >= 15 is 0 Å². The first-order chi connectivity index (χ1) is 39.6. The number of rotatable bonds is 20. The summed E-state index contributed by atoms with van der Waals surface area (Å²) < 4.78 is 0.